The van der Waals surface area contributed by atoms with Gasteiger partial charge in [0.05, 0.1) is 5.38 Å². The van der Waals surface area contributed by atoms with Crippen molar-refractivity contribution in [2.75, 3.05) is 0 Å². The van der Waals surface area contributed by atoms with Crippen molar-refractivity contribution < 1.29 is 0 Å². The van der Waals surface area contributed by atoms with Crippen LogP contribution in [0.3, 0.4) is 0 Å². The smallest absolute Gasteiger partial charge is 0.0953 e. The fraction of sp³-hybridized carbons (Fsp3) is 0.143. The number of aryl methyl sites for hydroxylation is 1. The summed E-state index contributed by atoms with van der Waals surface area (Å²) in [7, 11) is 0. The molecule has 1 atom stereocenters. The molecule has 0 bridgehead atoms. The molecule has 18 heavy (non-hydrogen) atoms. The number of thiophene rings is 2. The zero-order valence-electron chi connectivity index (χ0n) is 9.61. The molecule has 0 spiro atoms. The van der Waals surface area contributed by atoms with E-state index in [1.54, 1.807) is 22.7 Å². The SMILES string of the molecule is Cc1cc(Br)c(C(Cl)c2csc3ccccc23)s1. The van der Waals surface area contributed by atoms with Crippen LogP contribution in [0, 0.1) is 6.92 Å². The third-order valence-electron chi connectivity index (χ3n) is 2.85. The zero-order chi connectivity index (χ0) is 12.7. The first kappa shape index (κ1) is 12.7. The molecule has 2 aromatic heterocycles. The third kappa shape index (κ3) is 2.14. The van der Waals surface area contributed by atoms with E-state index in [-0.39, 0.29) is 5.38 Å². The second-order valence-corrected chi connectivity index (χ2v) is 7.61. The summed E-state index contributed by atoms with van der Waals surface area (Å²) in [6.45, 7) is 2.11. The molecule has 0 radical (unpaired) electrons. The van der Waals surface area contributed by atoms with Gasteiger partial charge in [0, 0.05) is 18.9 Å². The van der Waals surface area contributed by atoms with Crippen LogP contribution in [0.4, 0.5) is 0 Å². The van der Waals surface area contributed by atoms with E-state index in [9.17, 15) is 0 Å². The molecule has 0 aliphatic carbocycles. The van der Waals surface area contributed by atoms with Gasteiger partial charge < -0.3 is 0 Å². The number of benzene rings is 1. The number of fused-ring (bicyclic) bond motifs is 1. The average Bonchev–Trinajstić information content (AvgIpc) is 2.92. The van der Waals surface area contributed by atoms with Gasteiger partial charge in [0.15, 0.2) is 0 Å². The summed E-state index contributed by atoms with van der Waals surface area (Å²) < 4.78 is 2.41. The topological polar surface area (TPSA) is 0 Å². The lowest BCUT2D eigenvalue weighted by Gasteiger charge is -2.07. The van der Waals surface area contributed by atoms with Crippen LogP contribution >= 0.6 is 50.2 Å². The monoisotopic (exact) mass is 356 g/mol. The Morgan fingerprint density at radius 3 is 2.78 bits per heavy atom. The van der Waals surface area contributed by atoms with Crippen LogP contribution in [0.2, 0.25) is 0 Å². The molecule has 0 fully saturated rings. The second kappa shape index (κ2) is 4.97. The molecule has 4 heteroatoms. The number of hydrogen-bond acceptors (Lipinski definition) is 2. The lowest BCUT2D eigenvalue weighted by Crippen LogP contribution is -1.89. The summed E-state index contributed by atoms with van der Waals surface area (Å²) in [4.78, 5) is 2.47. The van der Waals surface area contributed by atoms with Crippen molar-refractivity contribution in [1.29, 1.82) is 0 Å². The van der Waals surface area contributed by atoms with Gasteiger partial charge in [-0.2, -0.15) is 0 Å². The Hall–Kier alpha value is -0.350. The van der Waals surface area contributed by atoms with E-state index in [0.29, 0.717) is 0 Å². The van der Waals surface area contributed by atoms with Crippen LogP contribution in [0.25, 0.3) is 10.1 Å². The van der Waals surface area contributed by atoms with Crippen molar-refractivity contribution >= 4 is 60.3 Å². The van der Waals surface area contributed by atoms with Crippen LogP contribution in [-0.2, 0) is 0 Å². The van der Waals surface area contributed by atoms with E-state index in [4.69, 9.17) is 11.6 Å². The minimum atomic E-state index is -0.0748. The molecule has 0 saturated carbocycles. The molecule has 0 aliphatic heterocycles. The Bertz CT molecular complexity index is 699. The first-order chi connectivity index (χ1) is 8.66. The molecule has 0 aliphatic rings. The van der Waals surface area contributed by atoms with Gasteiger partial charge in [0.25, 0.3) is 0 Å². The van der Waals surface area contributed by atoms with E-state index in [0.717, 1.165) is 4.47 Å². The molecule has 1 aromatic carbocycles. The molecule has 0 N–H and O–H groups in total. The Balaban J connectivity index is 2.12. The van der Waals surface area contributed by atoms with Crippen LogP contribution in [0.5, 0.6) is 0 Å². The maximum atomic E-state index is 6.66. The Morgan fingerprint density at radius 1 is 1.28 bits per heavy atom. The van der Waals surface area contributed by atoms with Crippen molar-refractivity contribution in [3.8, 4) is 0 Å². The van der Waals surface area contributed by atoms with Crippen molar-refractivity contribution in [1.82, 2.24) is 0 Å². The predicted molar refractivity (Wildman–Crippen MR) is 86.3 cm³/mol. The Kier molecular flexibility index (Phi) is 3.50. The van der Waals surface area contributed by atoms with Gasteiger partial charge in [-0.1, -0.05) is 18.2 Å². The van der Waals surface area contributed by atoms with Crippen LogP contribution in [0.15, 0.2) is 40.2 Å². The number of halogens is 2. The summed E-state index contributed by atoms with van der Waals surface area (Å²) in [5, 5.41) is 3.36. The zero-order valence-corrected chi connectivity index (χ0v) is 13.6. The molecular formula is C14H10BrClS2. The maximum absolute atomic E-state index is 6.66. The molecule has 3 rings (SSSR count). The standard InChI is InChI=1S/C14H10BrClS2/c1-8-6-11(15)14(18-8)13(16)10-7-17-12-5-3-2-4-9(10)12/h2-7,13H,1H3. The summed E-state index contributed by atoms with van der Waals surface area (Å²) in [5.74, 6) is 0. The van der Waals surface area contributed by atoms with Gasteiger partial charge in [-0.25, -0.2) is 0 Å². The highest BCUT2D eigenvalue weighted by molar-refractivity contribution is 9.10. The summed E-state index contributed by atoms with van der Waals surface area (Å²) in [5.41, 5.74) is 1.21. The van der Waals surface area contributed by atoms with Gasteiger partial charge in [-0.15, -0.1) is 34.3 Å². The van der Waals surface area contributed by atoms with E-state index in [2.05, 4.69) is 58.6 Å². The second-order valence-electron chi connectivity index (χ2n) is 4.12. The first-order valence-corrected chi connectivity index (χ1v) is 8.45. The van der Waals surface area contributed by atoms with Crippen molar-refractivity contribution in [3.63, 3.8) is 0 Å². The fourth-order valence-corrected chi connectivity index (χ4v) is 5.51. The van der Waals surface area contributed by atoms with Gasteiger partial charge in [-0.05, 0) is 51.3 Å². The first-order valence-electron chi connectivity index (χ1n) is 5.53. The average molecular weight is 358 g/mol. The Morgan fingerprint density at radius 2 is 2.06 bits per heavy atom. The van der Waals surface area contributed by atoms with Gasteiger partial charge in [-0.3, -0.25) is 0 Å². The van der Waals surface area contributed by atoms with Gasteiger partial charge in [0.1, 0.15) is 0 Å². The molecular weight excluding hydrogens is 348 g/mol. The quantitative estimate of drug-likeness (QED) is 0.468. The van der Waals surface area contributed by atoms with E-state index >= 15 is 0 Å². The number of alkyl halides is 1. The van der Waals surface area contributed by atoms with Crippen molar-refractivity contribution in [2.45, 2.75) is 12.3 Å². The van der Waals surface area contributed by atoms with Crippen LogP contribution in [-0.4, -0.2) is 0 Å². The Labute approximate surface area is 127 Å². The number of hydrogen-bond donors (Lipinski definition) is 0. The van der Waals surface area contributed by atoms with E-state index < -0.39 is 0 Å². The predicted octanol–water partition coefficient (Wildman–Crippen LogP) is 6.36. The van der Waals surface area contributed by atoms with Crippen molar-refractivity contribution in [3.05, 3.63) is 55.5 Å². The third-order valence-corrected chi connectivity index (χ3v) is 6.45. The van der Waals surface area contributed by atoms with Gasteiger partial charge >= 0.3 is 0 Å². The molecule has 1 unspecified atom stereocenters. The molecule has 0 amide bonds. The fourth-order valence-electron chi connectivity index (χ4n) is 2.01. The maximum Gasteiger partial charge on any atom is 0.0953 e. The normalized spacial score (nSPS) is 13.1. The molecule has 0 nitrogen and oxygen atoms in total. The highest BCUT2D eigenvalue weighted by Crippen LogP contribution is 2.43. The molecule has 3 aromatic rings. The molecule has 92 valence electrons. The highest BCUT2D eigenvalue weighted by atomic mass is 79.9. The largest absolute Gasteiger partial charge is 0.143 e. The van der Waals surface area contributed by atoms with E-state index in [1.807, 2.05) is 0 Å². The highest BCUT2D eigenvalue weighted by Gasteiger charge is 2.19. The van der Waals surface area contributed by atoms with Crippen molar-refractivity contribution in [2.24, 2.45) is 0 Å². The lowest BCUT2D eigenvalue weighted by atomic mass is 10.1. The van der Waals surface area contributed by atoms with Gasteiger partial charge in [0.2, 0.25) is 0 Å². The number of rotatable bonds is 2. The van der Waals surface area contributed by atoms with E-state index in [1.165, 1.54) is 25.4 Å². The molecule has 2 heterocycles. The van der Waals surface area contributed by atoms with Crippen LogP contribution < -0.4 is 0 Å². The summed E-state index contributed by atoms with van der Waals surface area (Å²) in [6, 6.07) is 10.5. The lowest BCUT2D eigenvalue weighted by molar-refractivity contribution is 1.21. The van der Waals surface area contributed by atoms with Crippen LogP contribution in [0.1, 0.15) is 20.7 Å². The summed E-state index contributed by atoms with van der Waals surface area (Å²) >= 11 is 13.8. The minimum absolute atomic E-state index is 0.0748. The minimum Gasteiger partial charge on any atom is -0.143 e. The summed E-state index contributed by atoms with van der Waals surface area (Å²) in [6.07, 6.45) is 0. The molecule has 0 saturated heterocycles.